The Labute approximate surface area is 131 Å². The molecule has 5 heteroatoms. The van der Waals surface area contributed by atoms with E-state index in [9.17, 15) is 0 Å². The second kappa shape index (κ2) is 7.67. The molecule has 0 bridgehead atoms. The molecule has 0 fully saturated rings. The highest BCUT2D eigenvalue weighted by Crippen LogP contribution is 2.37. The third-order valence-electron chi connectivity index (χ3n) is 2.82. The van der Waals surface area contributed by atoms with E-state index in [4.69, 9.17) is 15.2 Å². The summed E-state index contributed by atoms with van der Waals surface area (Å²) >= 11 is 5.23. The Hall–Kier alpha value is -1.04. The van der Waals surface area contributed by atoms with Gasteiger partial charge in [0.2, 0.25) is 0 Å². The Kier molecular flexibility index (Phi) is 5.88. The third kappa shape index (κ3) is 3.98. The molecule has 1 aromatic carbocycles. The fraction of sp³-hybridized carbons (Fsp3) is 0.333. The van der Waals surface area contributed by atoms with Gasteiger partial charge in [-0.3, -0.25) is 0 Å². The van der Waals surface area contributed by atoms with Crippen molar-refractivity contribution in [2.75, 3.05) is 13.2 Å². The molecule has 0 aliphatic heterocycles. The van der Waals surface area contributed by atoms with Crippen LogP contribution in [0.25, 0.3) is 0 Å². The van der Waals surface area contributed by atoms with Crippen LogP contribution in [0.5, 0.6) is 11.5 Å². The van der Waals surface area contributed by atoms with Crippen LogP contribution >= 0.6 is 27.3 Å². The summed E-state index contributed by atoms with van der Waals surface area (Å²) in [4.78, 5) is 0. The van der Waals surface area contributed by atoms with Crippen molar-refractivity contribution in [3.05, 3.63) is 44.6 Å². The number of benzene rings is 1. The Morgan fingerprint density at radius 3 is 2.75 bits per heavy atom. The fourth-order valence-corrected chi connectivity index (χ4v) is 3.16. The number of nitrogens with two attached hydrogens (primary N) is 1. The highest BCUT2D eigenvalue weighted by molar-refractivity contribution is 9.10. The highest BCUT2D eigenvalue weighted by Gasteiger charge is 2.12. The Morgan fingerprint density at radius 1 is 1.25 bits per heavy atom. The topological polar surface area (TPSA) is 44.5 Å². The molecule has 0 aliphatic carbocycles. The molecule has 0 atom stereocenters. The van der Waals surface area contributed by atoms with Crippen LogP contribution in [0.15, 0.2) is 33.4 Å². The first-order valence-corrected chi connectivity index (χ1v) is 8.27. The first-order valence-electron chi connectivity index (χ1n) is 6.53. The first-order chi connectivity index (χ1) is 9.74. The van der Waals surface area contributed by atoms with Crippen molar-refractivity contribution in [1.82, 2.24) is 0 Å². The zero-order chi connectivity index (χ0) is 14.4. The van der Waals surface area contributed by atoms with Gasteiger partial charge < -0.3 is 15.2 Å². The van der Waals surface area contributed by atoms with E-state index in [0.717, 1.165) is 28.0 Å². The molecule has 0 spiro atoms. The standard InChI is InChI=1S/C15H18BrNO2S/c1-2-18-14-8-12(9-17)7-13(16)15(14)19-5-3-11-4-6-20-10-11/h4,6-8,10H,2-3,5,9,17H2,1H3. The van der Waals surface area contributed by atoms with Crippen LogP contribution in [0, 0.1) is 0 Å². The van der Waals surface area contributed by atoms with Gasteiger partial charge >= 0.3 is 0 Å². The number of hydrogen-bond donors (Lipinski definition) is 1. The van der Waals surface area contributed by atoms with Crippen LogP contribution in [0.4, 0.5) is 0 Å². The molecule has 2 N–H and O–H groups in total. The van der Waals surface area contributed by atoms with Crippen LogP contribution in [-0.4, -0.2) is 13.2 Å². The van der Waals surface area contributed by atoms with Crippen LogP contribution in [-0.2, 0) is 13.0 Å². The average molecular weight is 356 g/mol. The van der Waals surface area contributed by atoms with Gasteiger partial charge in [0.1, 0.15) is 0 Å². The molecule has 2 aromatic rings. The lowest BCUT2D eigenvalue weighted by molar-refractivity contribution is 0.277. The van der Waals surface area contributed by atoms with Gasteiger partial charge in [0.15, 0.2) is 11.5 Å². The summed E-state index contributed by atoms with van der Waals surface area (Å²) in [7, 11) is 0. The number of ether oxygens (including phenoxy) is 2. The van der Waals surface area contributed by atoms with E-state index in [1.165, 1.54) is 5.56 Å². The monoisotopic (exact) mass is 355 g/mol. The molecule has 2 rings (SSSR count). The molecule has 0 amide bonds. The summed E-state index contributed by atoms with van der Waals surface area (Å²) in [6.45, 7) is 3.66. The van der Waals surface area contributed by atoms with Crippen molar-refractivity contribution in [2.24, 2.45) is 5.73 Å². The number of halogens is 1. The Bertz CT molecular complexity index is 543. The van der Waals surface area contributed by atoms with E-state index in [2.05, 4.69) is 32.8 Å². The van der Waals surface area contributed by atoms with Gasteiger partial charge in [-0.25, -0.2) is 0 Å². The van der Waals surface area contributed by atoms with Gasteiger partial charge in [0.25, 0.3) is 0 Å². The Morgan fingerprint density at radius 2 is 2.10 bits per heavy atom. The lowest BCUT2D eigenvalue weighted by Gasteiger charge is -2.15. The number of hydrogen-bond acceptors (Lipinski definition) is 4. The van der Waals surface area contributed by atoms with Crippen molar-refractivity contribution in [3.8, 4) is 11.5 Å². The highest BCUT2D eigenvalue weighted by atomic mass is 79.9. The second-order valence-corrected chi connectivity index (χ2v) is 5.91. The van der Waals surface area contributed by atoms with Crippen molar-refractivity contribution in [1.29, 1.82) is 0 Å². The van der Waals surface area contributed by atoms with Crippen molar-refractivity contribution < 1.29 is 9.47 Å². The van der Waals surface area contributed by atoms with E-state index >= 15 is 0 Å². The molecule has 108 valence electrons. The zero-order valence-electron chi connectivity index (χ0n) is 11.4. The summed E-state index contributed by atoms with van der Waals surface area (Å²) in [5, 5.41) is 4.21. The molecular weight excluding hydrogens is 338 g/mol. The minimum Gasteiger partial charge on any atom is -0.490 e. The van der Waals surface area contributed by atoms with E-state index in [1.807, 2.05) is 19.1 Å². The number of thiophene rings is 1. The molecule has 0 saturated heterocycles. The maximum atomic E-state index is 5.89. The molecule has 1 aromatic heterocycles. The SMILES string of the molecule is CCOc1cc(CN)cc(Br)c1OCCc1ccsc1. The van der Waals surface area contributed by atoms with Gasteiger partial charge in [-0.2, -0.15) is 11.3 Å². The van der Waals surface area contributed by atoms with Gasteiger partial charge in [-0.1, -0.05) is 0 Å². The molecule has 0 unspecified atom stereocenters. The van der Waals surface area contributed by atoms with E-state index < -0.39 is 0 Å². The summed E-state index contributed by atoms with van der Waals surface area (Å²) < 4.78 is 12.4. The minimum absolute atomic E-state index is 0.480. The molecule has 1 heterocycles. The molecule has 0 saturated carbocycles. The molecule has 0 radical (unpaired) electrons. The van der Waals surface area contributed by atoms with E-state index in [0.29, 0.717) is 19.8 Å². The van der Waals surface area contributed by atoms with E-state index in [1.54, 1.807) is 11.3 Å². The predicted octanol–water partition coefficient (Wildman–Crippen LogP) is 3.99. The average Bonchev–Trinajstić information content (AvgIpc) is 2.95. The normalized spacial score (nSPS) is 10.6. The second-order valence-electron chi connectivity index (χ2n) is 4.27. The molecular formula is C15H18BrNO2S. The van der Waals surface area contributed by atoms with Gasteiger partial charge in [-0.15, -0.1) is 0 Å². The van der Waals surface area contributed by atoms with Crippen LogP contribution < -0.4 is 15.2 Å². The van der Waals surface area contributed by atoms with E-state index in [-0.39, 0.29) is 0 Å². The molecule has 3 nitrogen and oxygen atoms in total. The number of rotatable bonds is 7. The van der Waals surface area contributed by atoms with Gasteiger partial charge in [0, 0.05) is 13.0 Å². The summed E-state index contributed by atoms with van der Waals surface area (Å²) in [6.07, 6.45) is 0.889. The quantitative estimate of drug-likeness (QED) is 0.816. The largest absolute Gasteiger partial charge is 0.490 e. The summed E-state index contributed by atoms with van der Waals surface area (Å²) in [5.74, 6) is 1.49. The van der Waals surface area contributed by atoms with Gasteiger partial charge in [-0.05, 0) is 62.9 Å². The smallest absolute Gasteiger partial charge is 0.175 e. The lowest BCUT2D eigenvalue weighted by Crippen LogP contribution is -2.05. The maximum Gasteiger partial charge on any atom is 0.175 e. The van der Waals surface area contributed by atoms with Crippen molar-refractivity contribution in [3.63, 3.8) is 0 Å². The third-order valence-corrected chi connectivity index (χ3v) is 4.14. The molecule has 20 heavy (non-hydrogen) atoms. The lowest BCUT2D eigenvalue weighted by atomic mass is 10.2. The Balaban J connectivity index is 2.08. The molecule has 0 aliphatic rings. The van der Waals surface area contributed by atoms with Crippen molar-refractivity contribution in [2.45, 2.75) is 19.9 Å². The van der Waals surface area contributed by atoms with Crippen LogP contribution in [0.3, 0.4) is 0 Å². The summed E-state index contributed by atoms with van der Waals surface area (Å²) in [6, 6.07) is 6.03. The summed E-state index contributed by atoms with van der Waals surface area (Å²) in [5.41, 5.74) is 8.00. The zero-order valence-corrected chi connectivity index (χ0v) is 13.8. The predicted molar refractivity (Wildman–Crippen MR) is 86.7 cm³/mol. The van der Waals surface area contributed by atoms with Crippen LogP contribution in [0.2, 0.25) is 0 Å². The minimum atomic E-state index is 0.480. The van der Waals surface area contributed by atoms with Crippen molar-refractivity contribution >= 4 is 27.3 Å². The first kappa shape index (κ1) is 15.4. The van der Waals surface area contributed by atoms with Gasteiger partial charge in [0.05, 0.1) is 17.7 Å². The maximum absolute atomic E-state index is 5.89. The van der Waals surface area contributed by atoms with Crippen LogP contribution in [0.1, 0.15) is 18.1 Å². The fourth-order valence-electron chi connectivity index (χ4n) is 1.85.